The van der Waals surface area contributed by atoms with Gasteiger partial charge in [-0.15, -0.1) is 0 Å². The van der Waals surface area contributed by atoms with Crippen molar-refractivity contribution in [3.8, 4) is 23.0 Å². The van der Waals surface area contributed by atoms with Gasteiger partial charge >= 0.3 is 0 Å². The molecule has 7 heteroatoms. The first-order valence-corrected chi connectivity index (χ1v) is 9.13. The zero-order valence-corrected chi connectivity index (χ0v) is 15.2. The third-order valence-electron chi connectivity index (χ3n) is 4.65. The van der Waals surface area contributed by atoms with Crippen molar-refractivity contribution in [2.75, 3.05) is 13.2 Å². The van der Waals surface area contributed by atoms with Gasteiger partial charge in [0.25, 0.3) is 5.89 Å². The lowest BCUT2D eigenvalue weighted by Crippen LogP contribution is -2.34. The van der Waals surface area contributed by atoms with E-state index in [9.17, 15) is 4.79 Å². The molecule has 1 N–H and O–H groups in total. The van der Waals surface area contributed by atoms with Crippen LogP contribution in [-0.2, 0) is 16.1 Å². The van der Waals surface area contributed by atoms with Gasteiger partial charge in [-0.25, -0.2) is 0 Å². The minimum absolute atomic E-state index is 0.0683. The number of nitrogens with zero attached hydrogens (tertiary/aromatic N) is 3. The molecule has 1 atom stereocenters. The van der Waals surface area contributed by atoms with Crippen molar-refractivity contribution in [2.45, 2.75) is 32.4 Å². The van der Waals surface area contributed by atoms with Crippen LogP contribution in [0.4, 0.5) is 0 Å². The second-order valence-corrected chi connectivity index (χ2v) is 6.75. The molecule has 1 aliphatic heterocycles. The molecular formula is C20H22N4O3. The first-order valence-electron chi connectivity index (χ1n) is 9.13. The van der Waals surface area contributed by atoms with E-state index in [-0.39, 0.29) is 18.6 Å². The highest BCUT2D eigenvalue weighted by Gasteiger charge is 2.18. The largest absolute Gasteiger partial charge is 0.376 e. The van der Waals surface area contributed by atoms with Crippen LogP contribution in [0.1, 0.15) is 18.4 Å². The molecule has 4 rings (SSSR count). The summed E-state index contributed by atoms with van der Waals surface area (Å²) in [6.07, 6.45) is 4.02. The van der Waals surface area contributed by atoms with E-state index in [1.807, 2.05) is 49.5 Å². The van der Waals surface area contributed by atoms with Crippen LogP contribution in [0.25, 0.3) is 23.0 Å². The fourth-order valence-electron chi connectivity index (χ4n) is 3.14. The van der Waals surface area contributed by atoms with E-state index >= 15 is 0 Å². The van der Waals surface area contributed by atoms with Gasteiger partial charge in [-0.2, -0.15) is 4.98 Å². The minimum Gasteiger partial charge on any atom is -0.376 e. The maximum Gasteiger partial charge on any atom is 0.274 e. The Hall–Kier alpha value is -2.93. The Bertz CT molecular complexity index is 907. The van der Waals surface area contributed by atoms with Gasteiger partial charge in [-0.3, -0.25) is 4.79 Å². The second-order valence-electron chi connectivity index (χ2n) is 6.75. The van der Waals surface area contributed by atoms with Crippen molar-refractivity contribution >= 4 is 5.91 Å². The van der Waals surface area contributed by atoms with Gasteiger partial charge in [-0.05, 0) is 31.9 Å². The van der Waals surface area contributed by atoms with Crippen LogP contribution in [0.3, 0.4) is 0 Å². The summed E-state index contributed by atoms with van der Waals surface area (Å²) in [6.45, 7) is 3.55. The summed E-state index contributed by atoms with van der Waals surface area (Å²) in [6, 6.07) is 11.7. The van der Waals surface area contributed by atoms with E-state index in [0.29, 0.717) is 24.0 Å². The number of rotatable bonds is 6. The molecule has 0 bridgehead atoms. The molecular weight excluding hydrogens is 344 g/mol. The predicted molar refractivity (Wildman–Crippen MR) is 99.9 cm³/mol. The molecule has 27 heavy (non-hydrogen) atoms. The third kappa shape index (κ3) is 4.09. The Balaban J connectivity index is 1.44. The quantitative estimate of drug-likeness (QED) is 0.725. The zero-order valence-electron chi connectivity index (χ0n) is 15.2. The van der Waals surface area contributed by atoms with Crippen LogP contribution in [0.5, 0.6) is 0 Å². The Morgan fingerprint density at radius 3 is 2.93 bits per heavy atom. The highest BCUT2D eigenvalue weighted by atomic mass is 16.5. The Labute approximate surface area is 157 Å². The Morgan fingerprint density at radius 2 is 2.15 bits per heavy atom. The number of benzene rings is 1. The molecule has 1 unspecified atom stereocenters. The lowest BCUT2D eigenvalue weighted by molar-refractivity contribution is -0.122. The highest BCUT2D eigenvalue weighted by molar-refractivity contribution is 5.76. The van der Waals surface area contributed by atoms with Crippen molar-refractivity contribution in [1.29, 1.82) is 0 Å². The van der Waals surface area contributed by atoms with Crippen LogP contribution in [-0.4, -0.2) is 39.9 Å². The van der Waals surface area contributed by atoms with Crippen molar-refractivity contribution in [3.05, 3.63) is 48.2 Å². The van der Waals surface area contributed by atoms with Gasteiger partial charge in [0, 0.05) is 24.9 Å². The molecule has 1 aromatic carbocycles. The molecule has 0 saturated carbocycles. The number of aromatic nitrogens is 3. The van der Waals surface area contributed by atoms with Gasteiger partial charge in [0.1, 0.15) is 12.2 Å². The molecule has 1 fully saturated rings. The standard InChI is InChI=1S/C20H22N4O3/c1-14-6-8-15(9-7-14)19-22-20(27-23-19)17-5-2-10-24(17)13-18(25)21-12-16-4-3-11-26-16/h2,5-10,16H,3-4,11-13H2,1H3,(H,21,25). The molecule has 0 aliphatic carbocycles. The summed E-state index contributed by atoms with van der Waals surface area (Å²) in [7, 11) is 0. The third-order valence-corrected chi connectivity index (χ3v) is 4.65. The van der Waals surface area contributed by atoms with Crippen molar-refractivity contribution in [3.63, 3.8) is 0 Å². The van der Waals surface area contributed by atoms with Gasteiger partial charge in [0.2, 0.25) is 11.7 Å². The average Bonchev–Trinajstić information content (AvgIpc) is 3.42. The fourth-order valence-corrected chi connectivity index (χ4v) is 3.14. The van der Waals surface area contributed by atoms with Crippen LogP contribution >= 0.6 is 0 Å². The first kappa shape index (κ1) is 17.5. The number of carbonyl (C=O) groups is 1. The molecule has 7 nitrogen and oxygen atoms in total. The zero-order chi connectivity index (χ0) is 18.6. The molecule has 1 amide bonds. The lowest BCUT2D eigenvalue weighted by atomic mass is 10.1. The number of amides is 1. The maximum absolute atomic E-state index is 12.3. The van der Waals surface area contributed by atoms with Crippen LogP contribution in [0.15, 0.2) is 47.1 Å². The molecule has 1 saturated heterocycles. The normalized spacial score (nSPS) is 16.6. The Kier molecular flexibility index (Phi) is 5.02. The van der Waals surface area contributed by atoms with Crippen LogP contribution in [0.2, 0.25) is 0 Å². The topological polar surface area (TPSA) is 82.2 Å². The number of ether oxygens (including phenoxy) is 1. The van der Waals surface area contributed by atoms with Crippen LogP contribution in [0, 0.1) is 6.92 Å². The number of aryl methyl sites for hydroxylation is 1. The summed E-state index contributed by atoms with van der Waals surface area (Å²) < 4.78 is 12.8. The van der Waals surface area contributed by atoms with Gasteiger partial charge in [0.15, 0.2) is 0 Å². The second kappa shape index (κ2) is 7.75. The summed E-state index contributed by atoms with van der Waals surface area (Å²) in [5, 5.41) is 6.99. The summed E-state index contributed by atoms with van der Waals surface area (Å²) >= 11 is 0. The van der Waals surface area contributed by atoms with E-state index in [2.05, 4.69) is 15.5 Å². The molecule has 140 valence electrons. The summed E-state index contributed by atoms with van der Waals surface area (Å²) in [4.78, 5) is 16.7. The number of carbonyl (C=O) groups excluding carboxylic acids is 1. The highest BCUT2D eigenvalue weighted by Crippen LogP contribution is 2.23. The van der Waals surface area contributed by atoms with Crippen LogP contribution < -0.4 is 5.32 Å². The molecule has 1 aliphatic rings. The molecule has 2 aromatic heterocycles. The molecule has 0 spiro atoms. The predicted octanol–water partition coefficient (Wildman–Crippen LogP) is 2.81. The van der Waals surface area contributed by atoms with Crippen molar-refractivity contribution in [1.82, 2.24) is 20.0 Å². The number of hydrogen-bond donors (Lipinski definition) is 1. The Morgan fingerprint density at radius 1 is 1.30 bits per heavy atom. The SMILES string of the molecule is Cc1ccc(-c2noc(-c3cccn3CC(=O)NCC3CCCO3)n2)cc1. The smallest absolute Gasteiger partial charge is 0.274 e. The first-order chi connectivity index (χ1) is 13.2. The molecule has 3 heterocycles. The minimum atomic E-state index is -0.0683. The van der Waals surface area contributed by atoms with E-state index in [1.165, 1.54) is 5.56 Å². The van der Waals surface area contributed by atoms with E-state index in [0.717, 1.165) is 25.0 Å². The molecule has 3 aromatic rings. The fraction of sp³-hybridized carbons (Fsp3) is 0.350. The number of hydrogen-bond acceptors (Lipinski definition) is 5. The number of nitrogens with one attached hydrogen (secondary N) is 1. The average molecular weight is 366 g/mol. The molecule has 0 radical (unpaired) electrons. The van der Waals surface area contributed by atoms with E-state index < -0.39 is 0 Å². The summed E-state index contributed by atoms with van der Waals surface area (Å²) in [5.41, 5.74) is 2.78. The van der Waals surface area contributed by atoms with Gasteiger partial charge < -0.3 is 19.1 Å². The van der Waals surface area contributed by atoms with E-state index in [4.69, 9.17) is 9.26 Å². The van der Waals surface area contributed by atoms with E-state index in [1.54, 1.807) is 4.57 Å². The van der Waals surface area contributed by atoms with Gasteiger partial charge in [0.05, 0.1) is 6.10 Å². The monoisotopic (exact) mass is 366 g/mol. The maximum atomic E-state index is 12.3. The van der Waals surface area contributed by atoms with Crippen molar-refractivity contribution < 1.29 is 14.1 Å². The van der Waals surface area contributed by atoms with Gasteiger partial charge in [-0.1, -0.05) is 35.0 Å². The summed E-state index contributed by atoms with van der Waals surface area (Å²) in [5.74, 6) is 0.851. The van der Waals surface area contributed by atoms with Crippen molar-refractivity contribution in [2.24, 2.45) is 0 Å². The lowest BCUT2D eigenvalue weighted by Gasteiger charge is -2.11.